The van der Waals surface area contributed by atoms with E-state index in [0.717, 1.165) is 29.0 Å². The van der Waals surface area contributed by atoms with Gasteiger partial charge in [-0.25, -0.2) is 4.98 Å². The van der Waals surface area contributed by atoms with Crippen LogP contribution in [0.15, 0.2) is 36.4 Å². The molecule has 1 amide bonds. The molecule has 0 bridgehead atoms. The highest BCUT2D eigenvalue weighted by Gasteiger charge is 2.21. The summed E-state index contributed by atoms with van der Waals surface area (Å²) < 4.78 is 2.16. The average molecular weight is 291 g/mol. The van der Waals surface area contributed by atoms with Crippen molar-refractivity contribution in [3.05, 3.63) is 53.1 Å². The molecule has 1 N–H and O–H groups in total. The van der Waals surface area contributed by atoms with Crippen LogP contribution < -0.4 is 5.32 Å². The molecule has 22 heavy (non-hydrogen) atoms. The number of imidazole rings is 1. The van der Waals surface area contributed by atoms with Crippen molar-refractivity contribution in [2.45, 2.75) is 20.4 Å². The molecule has 1 aliphatic rings. The van der Waals surface area contributed by atoms with Gasteiger partial charge in [-0.15, -0.1) is 0 Å². The van der Waals surface area contributed by atoms with E-state index in [2.05, 4.69) is 41.9 Å². The fourth-order valence-electron chi connectivity index (χ4n) is 3.29. The Balaban J connectivity index is 2.05. The number of aromatic nitrogens is 2. The number of aryl methyl sites for hydroxylation is 2. The molecule has 1 aromatic heterocycles. The Hall–Kier alpha value is -2.62. The van der Waals surface area contributed by atoms with Gasteiger partial charge in [-0.3, -0.25) is 4.79 Å². The molecular formula is C18H17N3O. The van der Waals surface area contributed by atoms with Crippen LogP contribution in [0.1, 0.15) is 21.5 Å². The smallest absolute Gasteiger partial charge is 0.253 e. The van der Waals surface area contributed by atoms with Crippen LogP contribution in [0.25, 0.3) is 22.4 Å². The van der Waals surface area contributed by atoms with E-state index >= 15 is 0 Å². The third-order valence-corrected chi connectivity index (χ3v) is 4.11. The normalized spacial score (nSPS) is 14.0. The number of nitrogens with one attached hydrogen (secondary N) is 1. The molecule has 0 radical (unpaired) electrons. The van der Waals surface area contributed by atoms with Crippen molar-refractivity contribution in [3.8, 4) is 11.4 Å². The number of hydrogen-bond donors (Lipinski definition) is 1. The molecule has 0 saturated heterocycles. The second-order valence-electron chi connectivity index (χ2n) is 5.89. The van der Waals surface area contributed by atoms with Gasteiger partial charge in [-0.2, -0.15) is 0 Å². The van der Waals surface area contributed by atoms with Gasteiger partial charge in [-0.05, 0) is 38.1 Å². The molecule has 1 aliphatic heterocycles. The molecule has 4 rings (SSSR count). The van der Waals surface area contributed by atoms with Crippen LogP contribution in [0.4, 0.5) is 0 Å². The van der Waals surface area contributed by atoms with Crippen LogP contribution in [0.3, 0.4) is 0 Å². The lowest BCUT2D eigenvalue weighted by Gasteiger charge is -2.09. The second-order valence-corrected chi connectivity index (χ2v) is 5.89. The van der Waals surface area contributed by atoms with E-state index in [1.807, 2.05) is 18.2 Å². The monoisotopic (exact) mass is 291 g/mol. The highest BCUT2D eigenvalue weighted by Crippen LogP contribution is 2.29. The molecule has 4 heteroatoms. The van der Waals surface area contributed by atoms with Gasteiger partial charge in [0.1, 0.15) is 5.82 Å². The van der Waals surface area contributed by atoms with Crippen molar-refractivity contribution in [1.82, 2.24) is 14.9 Å². The Labute approximate surface area is 128 Å². The number of rotatable bonds is 1. The molecule has 2 heterocycles. The average Bonchev–Trinajstić information content (AvgIpc) is 2.76. The fraction of sp³-hybridized carbons (Fsp3) is 0.222. The molecule has 2 aromatic carbocycles. The number of carbonyl (C=O) groups excluding carboxylic acids is 1. The van der Waals surface area contributed by atoms with Gasteiger partial charge in [0.15, 0.2) is 0 Å². The summed E-state index contributed by atoms with van der Waals surface area (Å²) in [5.74, 6) is 0.918. The number of hydrogen-bond acceptors (Lipinski definition) is 2. The molecule has 0 spiro atoms. The summed E-state index contributed by atoms with van der Waals surface area (Å²) in [5.41, 5.74) is 6.07. The Morgan fingerprint density at radius 2 is 1.91 bits per heavy atom. The number of amides is 1. The van der Waals surface area contributed by atoms with E-state index < -0.39 is 0 Å². The van der Waals surface area contributed by atoms with Crippen molar-refractivity contribution >= 4 is 16.9 Å². The minimum atomic E-state index is -0.0174. The summed E-state index contributed by atoms with van der Waals surface area (Å²) in [7, 11) is 0. The van der Waals surface area contributed by atoms with E-state index in [0.29, 0.717) is 12.1 Å². The van der Waals surface area contributed by atoms with E-state index in [-0.39, 0.29) is 5.91 Å². The van der Waals surface area contributed by atoms with Crippen molar-refractivity contribution in [3.63, 3.8) is 0 Å². The van der Waals surface area contributed by atoms with E-state index in [1.54, 1.807) is 0 Å². The zero-order valence-corrected chi connectivity index (χ0v) is 12.7. The van der Waals surface area contributed by atoms with Crippen molar-refractivity contribution in [1.29, 1.82) is 0 Å². The molecule has 3 aromatic rings. The topological polar surface area (TPSA) is 46.9 Å². The molecule has 0 aliphatic carbocycles. The molecule has 4 nitrogen and oxygen atoms in total. The first-order valence-electron chi connectivity index (χ1n) is 7.49. The summed E-state index contributed by atoms with van der Waals surface area (Å²) in [4.78, 5) is 17.0. The maximum absolute atomic E-state index is 12.2. The number of carbonyl (C=O) groups is 1. The molecule has 0 fully saturated rings. The third kappa shape index (κ3) is 1.91. The summed E-state index contributed by atoms with van der Waals surface area (Å²) in [6.45, 7) is 5.55. The predicted molar refractivity (Wildman–Crippen MR) is 87.0 cm³/mol. The summed E-state index contributed by atoms with van der Waals surface area (Å²) >= 11 is 0. The Morgan fingerprint density at radius 3 is 2.68 bits per heavy atom. The van der Waals surface area contributed by atoms with Gasteiger partial charge >= 0.3 is 0 Å². The number of para-hydroxylation sites is 1. The Kier molecular flexibility index (Phi) is 2.79. The molecule has 0 unspecified atom stereocenters. The first-order chi connectivity index (χ1) is 10.6. The lowest BCUT2D eigenvalue weighted by Crippen LogP contribution is -2.24. The van der Waals surface area contributed by atoms with Crippen LogP contribution in [0.2, 0.25) is 0 Å². The Bertz CT molecular complexity index is 888. The maximum atomic E-state index is 12.2. The minimum Gasteiger partial charge on any atom is -0.350 e. The minimum absolute atomic E-state index is 0.0174. The van der Waals surface area contributed by atoms with Crippen LogP contribution in [-0.4, -0.2) is 22.0 Å². The summed E-state index contributed by atoms with van der Waals surface area (Å²) in [6, 6.07) is 12.2. The first-order valence-corrected chi connectivity index (χ1v) is 7.49. The van der Waals surface area contributed by atoms with Gasteiger partial charge in [0, 0.05) is 18.7 Å². The SMILES string of the molecule is Cc1cc(C)cc(-c2nc3cccc4c3n2CCNC4=O)c1. The van der Waals surface area contributed by atoms with Crippen molar-refractivity contribution in [2.24, 2.45) is 0 Å². The lowest BCUT2D eigenvalue weighted by atomic mass is 10.1. The highest BCUT2D eigenvalue weighted by molar-refractivity contribution is 6.06. The fourth-order valence-corrected chi connectivity index (χ4v) is 3.29. The zero-order valence-electron chi connectivity index (χ0n) is 12.7. The first kappa shape index (κ1) is 13.1. The van der Waals surface area contributed by atoms with E-state index in [4.69, 9.17) is 4.98 Å². The Morgan fingerprint density at radius 1 is 1.14 bits per heavy atom. The van der Waals surface area contributed by atoms with Crippen LogP contribution in [-0.2, 0) is 6.54 Å². The quantitative estimate of drug-likeness (QED) is 0.749. The predicted octanol–water partition coefficient (Wildman–Crippen LogP) is 3.06. The summed E-state index contributed by atoms with van der Waals surface area (Å²) in [5, 5.41) is 2.95. The van der Waals surface area contributed by atoms with Gasteiger partial charge < -0.3 is 9.88 Å². The largest absolute Gasteiger partial charge is 0.350 e. The number of benzene rings is 2. The lowest BCUT2D eigenvalue weighted by molar-refractivity contribution is 0.0956. The zero-order chi connectivity index (χ0) is 15.3. The third-order valence-electron chi connectivity index (χ3n) is 4.11. The van der Waals surface area contributed by atoms with Crippen LogP contribution in [0.5, 0.6) is 0 Å². The van der Waals surface area contributed by atoms with Crippen LogP contribution in [0, 0.1) is 13.8 Å². The van der Waals surface area contributed by atoms with Gasteiger partial charge in [0.05, 0.1) is 16.6 Å². The van der Waals surface area contributed by atoms with Crippen molar-refractivity contribution < 1.29 is 4.79 Å². The van der Waals surface area contributed by atoms with Gasteiger partial charge in [-0.1, -0.05) is 23.3 Å². The number of nitrogens with zero attached hydrogens (tertiary/aromatic N) is 2. The summed E-state index contributed by atoms with van der Waals surface area (Å²) in [6.07, 6.45) is 0. The standard InChI is InChI=1S/C18H17N3O/c1-11-8-12(2)10-13(9-11)17-20-15-5-3-4-14-16(15)21(17)7-6-19-18(14)22/h3-5,8-10H,6-7H2,1-2H3,(H,19,22). The maximum Gasteiger partial charge on any atom is 0.253 e. The molecule has 0 atom stereocenters. The van der Waals surface area contributed by atoms with E-state index in [1.165, 1.54) is 11.1 Å². The molecular weight excluding hydrogens is 274 g/mol. The molecule has 110 valence electrons. The highest BCUT2D eigenvalue weighted by atomic mass is 16.1. The van der Waals surface area contributed by atoms with E-state index in [9.17, 15) is 4.79 Å². The van der Waals surface area contributed by atoms with Gasteiger partial charge in [0.25, 0.3) is 5.91 Å². The second kappa shape index (κ2) is 4.70. The van der Waals surface area contributed by atoms with Crippen LogP contribution >= 0.6 is 0 Å². The van der Waals surface area contributed by atoms with Gasteiger partial charge in [0.2, 0.25) is 0 Å². The molecule has 0 saturated carbocycles. The van der Waals surface area contributed by atoms with Crippen molar-refractivity contribution in [2.75, 3.05) is 6.54 Å².